The highest BCUT2D eigenvalue weighted by atomic mass is 16.7. The smallest absolute Gasteiger partial charge is 0.258 e. The standard InChI is InChI=1S/C29H29NO6/c1-5-6-19-14-25-26(36-17-35-25)15-20(19)13-23-22-11-12-24(33-3)28(34-4)27(22)29(31)30(23)16-18-7-9-21(32-2)10-8-18/h5,7-12,14-15,23H,1,6,13,16-17H2,2-4H3. The van der Waals surface area contributed by atoms with E-state index in [1.807, 2.05) is 59.5 Å². The zero-order valence-electron chi connectivity index (χ0n) is 20.7. The van der Waals surface area contributed by atoms with Crippen molar-refractivity contribution in [3.8, 4) is 28.7 Å². The number of fused-ring (bicyclic) bond motifs is 2. The van der Waals surface area contributed by atoms with E-state index in [0.717, 1.165) is 39.5 Å². The van der Waals surface area contributed by atoms with Crippen LogP contribution >= 0.6 is 0 Å². The number of benzene rings is 3. The van der Waals surface area contributed by atoms with E-state index in [2.05, 4.69) is 6.58 Å². The fourth-order valence-electron chi connectivity index (χ4n) is 4.99. The van der Waals surface area contributed by atoms with Crippen LogP contribution in [-0.2, 0) is 19.4 Å². The van der Waals surface area contributed by atoms with E-state index in [1.54, 1.807) is 21.3 Å². The molecule has 0 fully saturated rings. The molecule has 0 saturated carbocycles. The summed E-state index contributed by atoms with van der Waals surface area (Å²) in [7, 11) is 4.77. The van der Waals surface area contributed by atoms with Crippen molar-refractivity contribution in [3.05, 3.63) is 89.0 Å². The van der Waals surface area contributed by atoms with Crippen LogP contribution in [0.5, 0.6) is 28.7 Å². The highest BCUT2D eigenvalue weighted by Gasteiger charge is 2.40. The first kappa shape index (κ1) is 23.6. The van der Waals surface area contributed by atoms with Crippen molar-refractivity contribution in [1.82, 2.24) is 4.90 Å². The number of methoxy groups -OCH3 is 3. The molecule has 0 radical (unpaired) electrons. The van der Waals surface area contributed by atoms with Gasteiger partial charge in [-0.15, -0.1) is 6.58 Å². The Kier molecular flexibility index (Phi) is 6.46. The SMILES string of the molecule is C=CCc1cc2c(cc1CC1c3ccc(OC)c(OC)c3C(=O)N1Cc1ccc(OC)cc1)OCO2. The minimum absolute atomic E-state index is 0.0902. The number of amides is 1. The van der Waals surface area contributed by atoms with Gasteiger partial charge in [-0.3, -0.25) is 4.79 Å². The molecule has 0 saturated heterocycles. The number of ether oxygens (including phenoxy) is 5. The average molecular weight is 488 g/mol. The van der Waals surface area contributed by atoms with Gasteiger partial charge in [0.15, 0.2) is 23.0 Å². The first-order valence-electron chi connectivity index (χ1n) is 11.8. The van der Waals surface area contributed by atoms with Crippen LogP contribution < -0.4 is 23.7 Å². The first-order valence-corrected chi connectivity index (χ1v) is 11.8. The summed E-state index contributed by atoms with van der Waals surface area (Å²) in [6.07, 6.45) is 3.16. The number of hydrogen-bond acceptors (Lipinski definition) is 6. The number of hydrogen-bond donors (Lipinski definition) is 0. The van der Waals surface area contributed by atoms with Gasteiger partial charge in [0.2, 0.25) is 6.79 Å². The summed E-state index contributed by atoms with van der Waals surface area (Å²) in [5.74, 6) is 3.13. The van der Waals surface area contributed by atoms with E-state index in [9.17, 15) is 4.79 Å². The van der Waals surface area contributed by atoms with Gasteiger partial charge in [0.25, 0.3) is 5.91 Å². The maximum absolute atomic E-state index is 13.9. The maximum atomic E-state index is 13.9. The van der Waals surface area contributed by atoms with Crippen molar-refractivity contribution >= 4 is 5.91 Å². The van der Waals surface area contributed by atoms with E-state index < -0.39 is 0 Å². The van der Waals surface area contributed by atoms with Crippen LogP contribution in [0.3, 0.4) is 0 Å². The van der Waals surface area contributed by atoms with Crippen molar-refractivity contribution in [2.75, 3.05) is 28.1 Å². The molecule has 1 atom stereocenters. The van der Waals surface area contributed by atoms with Gasteiger partial charge in [-0.1, -0.05) is 24.3 Å². The number of carbonyl (C=O) groups is 1. The van der Waals surface area contributed by atoms with Crippen molar-refractivity contribution in [2.24, 2.45) is 0 Å². The van der Waals surface area contributed by atoms with Gasteiger partial charge in [-0.05, 0) is 65.4 Å². The topological polar surface area (TPSA) is 66.5 Å². The fraction of sp³-hybridized carbons (Fsp3) is 0.276. The van der Waals surface area contributed by atoms with Gasteiger partial charge < -0.3 is 28.6 Å². The number of nitrogens with zero attached hydrogens (tertiary/aromatic N) is 1. The second-order valence-electron chi connectivity index (χ2n) is 8.73. The maximum Gasteiger partial charge on any atom is 0.258 e. The van der Waals surface area contributed by atoms with Gasteiger partial charge in [0.1, 0.15) is 5.75 Å². The average Bonchev–Trinajstić information content (AvgIpc) is 3.46. The number of carbonyl (C=O) groups excluding carboxylic acids is 1. The summed E-state index contributed by atoms with van der Waals surface area (Å²) in [4.78, 5) is 15.8. The summed E-state index contributed by atoms with van der Waals surface area (Å²) in [6.45, 7) is 4.57. The van der Waals surface area contributed by atoms with E-state index in [4.69, 9.17) is 23.7 Å². The summed E-state index contributed by atoms with van der Waals surface area (Å²) in [5.41, 5.74) is 4.64. The highest BCUT2D eigenvalue weighted by Crippen LogP contribution is 2.46. The number of rotatable bonds is 9. The molecule has 7 nitrogen and oxygen atoms in total. The molecule has 3 aromatic carbocycles. The monoisotopic (exact) mass is 487 g/mol. The minimum Gasteiger partial charge on any atom is -0.497 e. The van der Waals surface area contributed by atoms with Crippen LogP contribution in [0.15, 0.2) is 61.2 Å². The highest BCUT2D eigenvalue weighted by molar-refractivity contribution is 6.02. The quantitative estimate of drug-likeness (QED) is 0.391. The normalized spacial score (nSPS) is 15.6. The largest absolute Gasteiger partial charge is 0.497 e. The van der Waals surface area contributed by atoms with Crippen molar-refractivity contribution in [1.29, 1.82) is 0 Å². The molecule has 0 N–H and O–H groups in total. The fourth-order valence-corrected chi connectivity index (χ4v) is 4.99. The molecule has 0 bridgehead atoms. The molecule has 2 heterocycles. The Bertz CT molecular complexity index is 1300. The van der Waals surface area contributed by atoms with Gasteiger partial charge >= 0.3 is 0 Å². The lowest BCUT2D eigenvalue weighted by atomic mass is 9.93. The lowest BCUT2D eigenvalue weighted by Gasteiger charge is -2.26. The third-order valence-corrected chi connectivity index (χ3v) is 6.77. The van der Waals surface area contributed by atoms with Gasteiger partial charge in [-0.25, -0.2) is 0 Å². The summed E-state index contributed by atoms with van der Waals surface area (Å²) in [6, 6.07) is 15.4. The predicted molar refractivity (Wildman–Crippen MR) is 135 cm³/mol. The minimum atomic E-state index is -0.210. The van der Waals surface area contributed by atoms with Crippen LogP contribution in [0.1, 0.15) is 38.7 Å². The van der Waals surface area contributed by atoms with E-state index >= 15 is 0 Å². The Morgan fingerprint density at radius 1 is 0.972 bits per heavy atom. The van der Waals surface area contributed by atoms with Crippen LogP contribution in [0, 0.1) is 0 Å². The number of allylic oxidation sites excluding steroid dienone is 1. The zero-order valence-corrected chi connectivity index (χ0v) is 20.7. The molecule has 186 valence electrons. The Morgan fingerprint density at radius 2 is 1.69 bits per heavy atom. The first-order chi connectivity index (χ1) is 17.6. The zero-order chi connectivity index (χ0) is 25.2. The molecule has 2 aliphatic heterocycles. The van der Waals surface area contributed by atoms with Crippen LogP contribution in [0.4, 0.5) is 0 Å². The molecule has 0 spiro atoms. The van der Waals surface area contributed by atoms with Gasteiger partial charge in [-0.2, -0.15) is 0 Å². The summed E-state index contributed by atoms with van der Waals surface area (Å²) in [5, 5.41) is 0. The van der Waals surface area contributed by atoms with Crippen molar-refractivity contribution in [2.45, 2.75) is 25.4 Å². The third kappa shape index (κ3) is 4.11. The molecular weight excluding hydrogens is 458 g/mol. The van der Waals surface area contributed by atoms with E-state index in [1.165, 1.54) is 0 Å². The van der Waals surface area contributed by atoms with Crippen LogP contribution in [-0.4, -0.2) is 38.9 Å². The molecular formula is C29H29NO6. The lowest BCUT2D eigenvalue weighted by molar-refractivity contribution is 0.0706. The van der Waals surface area contributed by atoms with Crippen LogP contribution in [0.2, 0.25) is 0 Å². The van der Waals surface area contributed by atoms with Crippen molar-refractivity contribution in [3.63, 3.8) is 0 Å². The molecule has 0 aromatic heterocycles. The predicted octanol–water partition coefficient (Wildman–Crippen LogP) is 5.11. The van der Waals surface area contributed by atoms with Gasteiger partial charge in [0, 0.05) is 6.54 Å². The third-order valence-electron chi connectivity index (χ3n) is 6.77. The molecule has 36 heavy (non-hydrogen) atoms. The molecule has 1 unspecified atom stereocenters. The second-order valence-corrected chi connectivity index (χ2v) is 8.73. The Morgan fingerprint density at radius 3 is 2.33 bits per heavy atom. The van der Waals surface area contributed by atoms with E-state index in [-0.39, 0.29) is 18.7 Å². The molecule has 1 amide bonds. The van der Waals surface area contributed by atoms with Gasteiger partial charge in [0.05, 0.1) is 32.9 Å². The Labute approximate surface area is 210 Å². The lowest BCUT2D eigenvalue weighted by Crippen LogP contribution is -2.29. The van der Waals surface area contributed by atoms with E-state index in [0.29, 0.717) is 36.4 Å². The molecule has 7 heteroatoms. The Hall–Kier alpha value is -4.13. The van der Waals surface area contributed by atoms with Crippen molar-refractivity contribution < 1.29 is 28.5 Å². The molecule has 5 rings (SSSR count). The Balaban J connectivity index is 1.58. The second kappa shape index (κ2) is 9.85. The molecule has 3 aromatic rings. The molecule has 2 aliphatic rings. The molecule has 0 aliphatic carbocycles. The summed E-state index contributed by atoms with van der Waals surface area (Å²) < 4.78 is 27.7. The van der Waals surface area contributed by atoms with Crippen LogP contribution in [0.25, 0.3) is 0 Å². The summed E-state index contributed by atoms with van der Waals surface area (Å²) >= 11 is 0.